The minimum atomic E-state index is 0.200. The lowest BCUT2D eigenvalue weighted by Gasteiger charge is -2.34. The topological polar surface area (TPSA) is 67.2 Å². The standard InChI is InChI=1S/C19H26N6OS/c1-23-17(21-22-18(23)27-14-15-6-4-8-20-12-15)16-7-5-11-25(13-16)19(26)24-9-2-3-10-24/h4,6,8,12,16H,2-3,5,7,9-11,13-14H2,1H3/t16-/m0/s1. The lowest BCUT2D eigenvalue weighted by Crippen LogP contribution is -2.46. The largest absolute Gasteiger partial charge is 0.325 e. The number of carbonyl (C=O) groups is 1. The molecule has 0 radical (unpaired) electrons. The van der Waals surface area contributed by atoms with Gasteiger partial charge in [-0.3, -0.25) is 4.98 Å². The van der Waals surface area contributed by atoms with Crippen LogP contribution in [-0.2, 0) is 12.8 Å². The van der Waals surface area contributed by atoms with Crippen molar-refractivity contribution in [2.75, 3.05) is 26.2 Å². The fourth-order valence-electron chi connectivity index (χ4n) is 3.91. The van der Waals surface area contributed by atoms with E-state index in [1.54, 1.807) is 18.0 Å². The summed E-state index contributed by atoms with van der Waals surface area (Å²) in [5, 5.41) is 9.78. The van der Waals surface area contributed by atoms with Gasteiger partial charge in [-0.1, -0.05) is 17.8 Å². The third-order valence-electron chi connectivity index (χ3n) is 5.39. The van der Waals surface area contributed by atoms with E-state index >= 15 is 0 Å². The summed E-state index contributed by atoms with van der Waals surface area (Å²) in [6.45, 7) is 3.40. The molecule has 0 saturated carbocycles. The van der Waals surface area contributed by atoms with Crippen LogP contribution in [0.1, 0.15) is 43.0 Å². The van der Waals surface area contributed by atoms with Crippen molar-refractivity contribution in [1.29, 1.82) is 0 Å². The minimum Gasteiger partial charge on any atom is -0.325 e. The summed E-state index contributed by atoms with van der Waals surface area (Å²) in [6.07, 6.45) is 8.01. The summed E-state index contributed by atoms with van der Waals surface area (Å²) in [5.74, 6) is 2.07. The Morgan fingerprint density at radius 3 is 2.78 bits per heavy atom. The highest BCUT2D eigenvalue weighted by Gasteiger charge is 2.31. The molecule has 2 amide bonds. The van der Waals surface area contributed by atoms with Gasteiger partial charge >= 0.3 is 6.03 Å². The third kappa shape index (κ3) is 4.10. The van der Waals surface area contributed by atoms with Crippen LogP contribution in [0, 0.1) is 0 Å². The molecule has 2 fully saturated rings. The normalized spacial score (nSPS) is 20.3. The van der Waals surface area contributed by atoms with Gasteiger partial charge in [0, 0.05) is 57.3 Å². The molecule has 0 aliphatic carbocycles. The van der Waals surface area contributed by atoms with E-state index in [9.17, 15) is 4.79 Å². The van der Waals surface area contributed by atoms with Crippen molar-refractivity contribution < 1.29 is 4.79 Å². The molecule has 2 aromatic heterocycles. The molecule has 0 unspecified atom stereocenters. The molecule has 2 aromatic rings. The highest BCUT2D eigenvalue weighted by Crippen LogP contribution is 2.29. The Labute approximate surface area is 164 Å². The van der Waals surface area contributed by atoms with Gasteiger partial charge in [0.2, 0.25) is 0 Å². The van der Waals surface area contributed by atoms with Crippen LogP contribution in [0.15, 0.2) is 29.7 Å². The van der Waals surface area contributed by atoms with Gasteiger partial charge in [-0.15, -0.1) is 10.2 Å². The zero-order valence-corrected chi connectivity index (χ0v) is 16.6. The molecule has 0 bridgehead atoms. The Morgan fingerprint density at radius 1 is 1.19 bits per heavy atom. The highest BCUT2D eigenvalue weighted by atomic mass is 32.2. The van der Waals surface area contributed by atoms with Gasteiger partial charge in [-0.2, -0.15) is 0 Å². The molecule has 7 nitrogen and oxygen atoms in total. The Bertz CT molecular complexity index is 774. The molecule has 27 heavy (non-hydrogen) atoms. The molecule has 1 atom stereocenters. The van der Waals surface area contributed by atoms with Crippen molar-refractivity contribution in [1.82, 2.24) is 29.5 Å². The van der Waals surface area contributed by atoms with Gasteiger partial charge in [-0.25, -0.2) is 4.79 Å². The predicted molar refractivity (Wildman–Crippen MR) is 105 cm³/mol. The quantitative estimate of drug-likeness (QED) is 0.756. The molecule has 0 aromatic carbocycles. The monoisotopic (exact) mass is 386 g/mol. The summed E-state index contributed by atoms with van der Waals surface area (Å²) in [7, 11) is 2.03. The summed E-state index contributed by atoms with van der Waals surface area (Å²) >= 11 is 1.67. The Morgan fingerprint density at radius 2 is 2.00 bits per heavy atom. The summed E-state index contributed by atoms with van der Waals surface area (Å²) < 4.78 is 2.09. The maximum Gasteiger partial charge on any atom is 0.320 e. The van der Waals surface area contributed by atoms with E-state index in [0.717, 1.165) is 68.6 Å². The number of hydrogen-bond acceptors (Lipinski definition) is 5. The fraction of sp³-hybridized carbons (Fsp3) is 0.579. The second-order valence-electron chi connectivity index (χ2n) is 7.31. The van der Waals surface area contributed by atoms with E-state index < -0.39 is 0 Å². The number of urea groups is 1. The van der Waals surface area contributed by atoms with Crippen molar-refractivity contribution in [3.63, 3.8) is 0 Å². The molecule has 4 heterocycles. The van der Waals surface area contributed by atoms with Crippen LogP contribution in [0.5, 0.6) is 0 Å². The first-order valence-electron chi connectivity index (χ1n) is 9.67. The number of nitrogens with zero attached hydrogens (tertiary/aromatic N) is 6. The maximum absolute atomic E-state index is 12.7. The van der Waals surface area contributed by atoms with Crippen molar-refractivity contribution in [2.45, 2.75) is 42.5 Å². The van der Waals surface area contributed by atoms with E-state index in [4.69, 9.17) is 0 Å². The molecular weight excluding hydrogens is 360 g/mol. The number of piperidine rings is 1. The van der Waals surface area contributed by atoms with E-state index in [0.29, 0.717) is 0 Å². The zero-order valence-electron chi connectivity index (χ0n) is 15.8. The first-order chi connectivity index (χ1) is 13.2. The molecule has 4 rings (SSSR count). The Hall–Kier alpha value is -2.09. The van der Waals surface area contributed by atoms with Gasteiger partial charge in [0.05, 0.1) is 0 Å². The highest BCUT2D eigenvalue weighted by molar-refractivity contribution is 7.98. The molecule has 2 aliphatic rings. The number of amides is 2. The number of thioether (sulfide) groups is 1. The first kappa shape index (κ1) is 18.3. The van der Waals surface area contributed by atoms with Gasteiger partial charge in [-0.05, 0) is 37.3 Å². The predicted octanol–water partition coefficient (Wildman–Crippen LogP) is 2.90. The summed E-state index contributed by atoms with van der Waals surface area (Å²) in [4.78, 5) is 20.9. The van der Waals surface area contributed by atoms with Crippen LogP contribution >= 0.6 is 11.8 Å². The van der Waals surface area contributed by atoms with Gasteiger partial charge in [0.1, 0.15) is 5.82 Å². The van der Waals surface area contributed by atoms with Gasteiger partial charge in [0.25, 0.3) is 0 Å². The summed E-state index contributed by atoms with van der Waals surface area (Å²) in [5.41, 5.74) is 1.17. The van der Waals surface area contributed by atoms with E-state index in [-0.39, 0.29) is 11.9 Å². The second kappa shape index (κ2) is 8.29. The Balaban J connectivity index is 1.40. The van der Waals surface area contributed by atoms with Crippen molar-refractivity contribution in [3.05, 3.63) is 35.9 Å². The lowest BCUT2D eigenvalue weighted by atomic mass is 9.97. The van der Waals surface area contributed by atoms with E-state index in [2.05, 4.69) is 25.8 Å². The molecule has 8 heteroatoms. The van der Waals surface area contributed by atoms with Crippen molar-refractivity contribution in [3.8, 4) is 0 Å². The molecule has 144 valence electrons. The van der Waals surface area contributed by atoms with Crippen LogP contribution < -0.4 is 0 Å². The number of aromatic nitrogens is 4. The maximum atomic E-state index is 12.7. The molecule has 2 aliphatic heterocycles. The zero-order chi connectivity index (χ0) is 18.6. The molecule has 0 N–H and O–H groups in total. The van der Waals surface area contributed by atoms with Gasteiger partial charge in [0.15, 0.2) is 5.16 Å². The first-order valence-corrected chi connectivity index (χ1v) is 10.7. The average Bonchev–Trinajstić information content (AvgIpc) is 3.37. The van der Waals surface area contributed by atoms with Crippen LogP contribution in [0.3, 0.4) is 0 Å². The smallest absolute Gasteiger partial charge is 0.320 e. The second-order valence-corrected chi connectivity index (χ2v) is 8.25. The van der Waals surface area contributed by atoms with Crippen LogP contribution in [0.25, 0.3) is 0 Å². The van der Waals surface area contributed by atoms with Crippen molar-refractivity contribution in [2.24, 2.45) is 7.05 Å². The molecule has 0 spiro atoms. The van der Waals surface area contributed by atoms with E-state index in [1.807, 2.05) is 29.1 Å². The SMILES string of the molecule is Cn1c(SCc2cccnc2)nnc1[C@H]1CCCN(C(=O)N2CCCC2)C1. The van der Waals surface area contributed by atoms with Gasteiger partial charge < -0.3 is 14.4 Å². The third-order valence-corrected chi connectivity index (χ3v) is 6.48. The molecule has 2 saturated heterocycles. The number of pyridine rings is 1. The number of hydrogen-bond donors (Lipinski definition) is 0. The number of likely N-dealkylation sites (tertiary alicyclic amines) is 2. The Kier molecular flexibility index (Phi) is 5.61. The van der Waals surface area contributed by atoms with E-state index in [1.165, 1.54) is 5.56 Å². The van der Waals surface area contributed by atoms with Crippen molar-refractivity contribution >= 4 is 17.8 Å². The summed E-state index contributed by atoms with van der Waals surface area (Å²) in [6, 6.07) is 4.22. The number of carbonyl (C=O) groups excluding carboxylic acids is 1. The average molecular weight is 387 g/mol. The van der Waals surface area contributed by atoms with Crippen LogP contribution in [0.2, 0.25) is 0 Å². The fourth-order valence-corrected chi connectivity index (χ4v) is 4.76. The van der Waals surface area contributed by atoms with Crippen LogP contribution in [-0.4, -0.2) is 61.8 Å². The minimum absolute atomic E-state index is 0.200. The molecular formula is C19H26N6OS. The number of rotatable bonds is 4. The lowest BCUT2D eigenvalue weighted by molar-refractivity contribution is 0.145. The van der Waals surface area contributed by atoms with Crippen LogP contribution in [0.4, 0.5) is 4.79 Å².